The number of hydrogen-bond acceptors (Lipinski definition) is 21. The largest absolute Gasteiger partial charge is 0.481 e. The molecule has 6 fully saturated rings. The number of carboxylic acids is 2. The molecule has 0 spiro atoms. The van der Waals surface area contributed by atoms with Crippen molar-refractivity contribution in [3.63, 3.8) is 0 Å². The van der Waals surface area contributed by atoms with E-state index < -0.39 is 59.3 Å². The Morgan fingerprint density at radius 3 is 0.946 bits per heavy atom. The Morgan fingerprint density at radius 2 is 0.663 bits per heavy atom. The Morgan fingerprint density at radius 1 is 0.391 bits per heavy atom. The molecule has 8 aliphatic rings. The minimum absolute atomic E-state index is 0.0335. The number of aromatic nitrogens is 2. The summed E-state index contributed by atoms with van der Waals surface area (Å²) in [6.07, 6.45) is 6.50. The Labute approximate surface area is 534 Å². The van der Waals surface area contributed by atoms with Gasteiger partial charge in [-0.15, -0.1) is 10.1 Å². The van der Waals surface area contributed by atoms with Crippen LogP contribution in [0.25, 0.3) is 0 Å². The van der Waals surface area contributed by atoms with Crippen molar-refractivity contribution < 1.29 is 77.4 Å². The van der Waals surface area contributed by atoms with Gasteiger partial charge in [0.15, 0.2) is 0 Å². The summed E-state index contributed by atoms with van der Waals surface area (Å²) >= 11 is 0. The van der Waals surface area contributed by atoms with Crippen LogP contribution in [0.2, 0.25) is 0 Å². The standard InChI is InChI=1S/C35H46N8O10.C28H41N5O6/c44-28-4-5-29(45)42(28)52-34(50)24-8-14-40(15-9-24)32(48)22-38-18-12-36-13-19-39(21-27-3-1-2-26(20-38)37-27)23-33(49)41-16-10-25(11-17-41)35(51)53-43-30(46)6-7-31(43)47;34-25(32-13-7-21(8-14-32)27(36)37)19-30-11-2-1-3-12-31(18-24-6-4-5-23(17-30)29-24)20-26(35)33-15-9-22(10-16-33)28(38)39/h1-3,24-25,36H,4-23H2;4-6,21-22H,1-3,7-20H2,(H,36,37)(H,38,39). The second-order valence-corrected chi connectivity index (χ2v) is 25.2. The molecule has 0 atom stereocenters. The summed E-state index contributed by atoms with van der Waals surface area (Å²) in [5.74, 6) is -6.64. The van der Waals surface area contributed by atoms with Gasteiger partial charge in [-0.3, -0.25) is 77.5 Å². The van der Waals surface area contributed by atoms with Gasteiger partial charge >= 0.3 is 23.9 Å². The monoisotopic (exact) mass is 1280 g/mol. The molecule has 10 rings (SSSR count). The van der Waals surface area contributed by atoms with Crippen LogP contribution in [0.1, 0.15) is 119 Å². The molecule has 0 unspecified atom stereocenters. The molecule has 0 aliphatic carbocycles. The summed E-state index contributed by atoms with van der Waals surface area (Å²) in [5.41, 5.74) is 3.35. The van der Waals surface area contributed by atoms with Gasteiger partial charge in [-0.1, -0.05) is 18.6 Å². The molecular formula is C63H87N13O16. The molecule has 92 heavy (non-hydrogen) atoms. The number of piperidine rings is 4. The van der Waals surface area contributed by atoms with Crippen LogP contribution in [0.3, 0.4) is 0 Å². The lowest BCUT2D eigenvalue weighted by molar-refractivity contribution is -0.201. The highest BCUT2D eigenvalue weighted by atomic mass is 16.7. The van der Waals surface area contributed by atoms with Gasteiger partial charge in [0.25, 0.3) is 23.6 Å². The normalized spacial score (nSPS) is 21.5. The van der Waals surface area contributed by atoms with Gasteiger partial charge in [0.05, 0.1) is 72.6 Å². The van der Waals surface area contributed by atoms with E-state index in [9.17, 15) is 67.7 Å². The Bertz CT molecular complexity index is 2790. The molecule has 8 amide bonds. The zero-order valence-electron chi connectivity index (χ0n) is 52.4. The van der Waals surface area contributed by atoms with Gasteiger partial charge in [0.2, 0.25) is 23.6 Å². The molecule has 0 radical (unpaired) electrons. The number of carbonyl (C=O) groups is 12. The zero-order valence-corrected chi connectivity index (χ0v) is 52.4. The van der Waals surface area contributed by atoms with Crippen LogP contribution in [-0.2, 0) is 93.4 Å². The lowest BCUT2D eigenvalue weighted by Crippen LogP contribution is -2.48. The molecule has 2 aromatic rings. The molecule has 8 aliphatic heterocycles. The number of likely N-dealkylation sites (tertiary alicyclic amines) is 4. The average molecular weight is 1280 g/mol. The predicted octanol–water partition coefficient (Wildman–Crippen LogP) is 0.496. The van der Waals surface area contributed by atoms with E-state index in [1.54, 1.807) is 19.6 Å². The van der Waals surface area contributed by atoms with Crippen molar-refractivity contribution in [1.29, 1.82) is 0 Å². The highest BCUT2D eigenvalue weighted by Gasteiger charge is 2.39. The van der Waals surface area contributed by atoms with E-state index in [0.29, 0.717) is 179 Å². The molecule has 10 heterocycles. The van der Waals surface area contributed by atoms with Crippen LogP contribution >= 0.6 is 0 Å². The van der Waals surface area contributed by atoms with E-state index >= 15 is 0 Å². The van der Waals surface area contributed by atoms with Crippen LogP contribution in [0.15, 0.2) is 36.4 Å². The molecular weight excluding hydrogens is 1190 g/mol. The molecule has 6 saturated heterocycles. The molecule has 0 saturated carbocycles. The summed E-state index contributed by atoms with van der Waals surface area (Å²) in [4.78, 5) is 183. The van der Waals surface area contributed by atoms with Gasteiger partial charge in [0.1, 0.15) is 0 Å². The first-order valence-corrected chi connectivity index (χ1v) is 32.5. The number of amides is 8. The van der Waals surface area contributed by atoms with Crippen molar-refractivity contribution in [2.45, 2.75) is 122 Å². The van der Waals surface area contributed by atoms with Gasteiger partial charge in [-0.25, -0.2) is 9.59 Å². The maximum Gasteiger partial charge on any atom is 0.336 e. The second-order valence-electron chi connectivity index (χ2n) is 25.2. The molecule has 2 aromatic heterocycles. The number of nitrogens with one attached hydrogen (secondary N) is 1. The van der Waals surface area contributed by atoms with Crippen molar-refractivity contribution in [1.82, 2.24) is 64.6 Å². The first kappa shape index (κ1) is 68.5. The maximum atomic E-state index is 13.4. The Balaban J connectivity index is 0.000000228. The molecule has 500 valence electrons. The first-order chi connectivity index (χ1) is 44.3. The van der Waals surface area contributed by atoms with Gasteiger partial charge in [-0.05, 0) is 102 Å². The minimum Gasteiger partial charge on any atom is -0.481 e. The van der Waals surface area contributed by atoms with Crippen molar-refractivity contribution in [2.75, 3.05) is 118 Å². The third-order valence-corrected chi connectivity index (χ3v) is 18.5. The van der Waals surface area contributed by atoms with Crippen LogP contribution in [0, 0.1) is 23.7 Å². The Kier molecular flexibility index (Phi) is 24.7. The van der Waals surface area contributed by atoms with Gasteiger partial charge in [-0.2, -0.15) is 0 Å². The topological polar surface area (TPSA) is 334 Å². The fourth-order valence-electron chi connectivity index (χ4n) is 12.9. The fraction of sp³-hybridized carbons (Fsp3) is 0.651. The van der Waals surface area contributed by atoms with Gasteiger partial charge in [0, 0.05) is 130 Å². The maximum absolute atomic E-state index is 13.4. The van der Waals surface area contributed by atoms with E-state index in [1.807, 2.05) is 46.2 Å². The lowest BCUT2D eigenvalue weighted by atomic mass is 9.97. The fourth-order valence-corrected chi connectivity index (χ4v) is 12.9. The number of hydroxylamine groups is 4. The van der Waals surface area contributed by atoms with Crippen LogP contribution in [0.5, 0.6) is 0 Å². The van der Waals surface area contributed by atoms with Crippen LogP contribution < -0.4 is 5.32 Å². The number of nitrogens with zero attached hydrogens (tertiary/aromatic N) is 12. The number of carbonyl (C=O) groups excluding carboxylic acids is 10. The number of imide groups is 2. The average Bonchev–Trinajstić information content (AvgIpc) is 2.68. The highest BCUT2D eigenvalue weighted by molar-refractivity contribution is 6.02. The van der Waals surface area contributed by atoms with Crippen molar-refractivity contribution in [3.8, 4) is 0 Å². The summed E-state index contributed by atoms with van der Waals surface area (Å²) in [6.45, 7) is 10.2. The van der Waals surface area contributed by atoms with Crippen molar-refractivity contribution in [2.24, 2.45) is 23.7 Å². The molecule has 29 heteroatoms. The summed E-state index contributed by atoms with van der Waals surface area (Å²) in [5, 5.41) is 23.0. The first-order valence-electron chi connectivity index (χ1n) is 32.5. The quantitative estimate of drug-likeness (QED) is 0.217. The molecule has 0 aromatic carbocycles. The van der Waals surface area contributed by atoms with E-state index in [2.05, 4.69) is 15.1 Å². The third kappa shape index (κ3) is 19.6. The minimum atomic E-state index is -0.778. The van der Waals surface area contributed by atoms with Crippen molar-refractivity contribution in [3.05, 3.63) is 59.2 Å². The summed E-state index contributed by atoms with van der Waals surface area (Å²) in [6, 6.07) is 11.6. The number of carboxylic acid groups (broad SMARTS) is 2. The van der Waals surface area contributed by atoms with E-state index in [-0.39, 0.29) is 74.2 Å². The zero-order chi connectivity index (χ0) is 65.3. The number of hydrogen-bond donors (Lipinski definition) is 3. The van der Waals surface area contributed by atoms with E-state index in [1.165, 1.54) is 0 Å². The molecule has 29 nitrogen and oxygen atoms in total. The number of aliphatic carboxylic acids is 2. The van der Waals surface area contributed by atoms with Crippen molar-refractivity contribution >= 4 is 71.1 Å². The summed E-state index contributed by atoms with van der Waals surface area (Å²) < 4.78 is 0. The number of fused-ring (bicyclic) bond motifs is 4. The SMILES string of the molecule is O=C(O)C1CCN(C(=O)CN2CCCCCN(CC(=O)N3CCC(C(=O)O)CC3)Cc3cccc(n3)C2)CC1.O=C(ON1C(=O)CCC1=O)C1CCN(C(=O)CN2CCNCCN(CC(=O)N3CCC(C(=O)ON4C(=O)CCC4=O)CC3)Cc3cccc(n3)C2)CC1. The molecule has 4 bridgehead atoms. The highest BCUT2D eigenvalue weighted by Crippen LogP contribution is 2.26. The summed E-state index contributed by atoms with van der Waals surface area (Å²) in [7, 11) is 0. The van der Waals surface area contributed by atoms with E-state index in [4.69, 9.17) is 19.6 Å². The smallest absolute Gasteiger partial charge is 0.336 e. The molecule has 3 N–H and O–H groups in total. The predicted molar refractivity (Wildman–Crippen MR) is 323 cm³/mol. The number of rotatable bonds is 14. The van der Waals surface area contributed by atoms with Crippen LogP contribution in [0.4, 0.5) is 0 Å². The second kappa shape index (κ2) is 33.1. The van der Waals surface area contributed by atoms with Gasteiger partial charge < -0.3 is 44.8 Å². The lowest BCUT2D eigenvalue weighted by Gasteiger charge is -2.33. The third-order valence-electron chi connectivity index (χ3n) is 18.5. The number of pyridine rings is 2. The van der Waals surface area contributed by atoms with E-state index in [0.717, 1.165) is 55.1 Å². The van der Waals surface area contributed by atoms with Crippen LogP contribution in [-0.4, -0.2) is 258 Å². The Hall–Kier alpha value is -7.86.